The zero-order valence-electron chi connectivity index (χ0n) is 10.4. The number of benzene rings is 1. The van der Waals surface area contributed by atoms with Crippen LogP contribution in [0.15, 0.2) is 18.2 Å². The maximum atomic E-state index is 12.0. The molecule has 0 aliphatic carbocycles. The molecule has 1 aromatic rings. The Balaban J connectivity index is 0.00000162. The number of phenols is 1. The summed E-state index contributed by atoms with van der Waals surface area (Å²) in [6, 6.07) is 5.10. The highest BCUT2D eigenvalue weighted by Crippen LogP contribution is 2.21. The van der Waals surface area contributed by atoms with Gasteiger partial charge in [-0.15, -0.1) is 12.4 Å². The molecule has 1 fully saturated rings. The number of carbonyl (C=O) groups is 1. The van der Waals surface area contributed by atoms with E-state index in [-0.39, 0.29) is 30.0 Å². The molecule has 1 atom stereocenters. The second kappa shape index (κ2) is 6.61. The molecule has 2 rings (SSSR count). The Labute approximate surface area is 113 Å². The van der Waals surface area contributed by atoms with Crippen LogP contribution in [0.1, 0.15) is 18.4 Å². The molecule has 1 aliphatic heterocycles. The van der Waals surface area contributed by atoms with Crippen LogP contribution in [0.5, 0.6) is 5.75 Å². The minimum Gasteiger partial charge on any atom is -0.508 e. The first kappa shape index (κ1) is 14.8. The van der Waals surface area contributed by atoms with Crippen LogP contribution in [0.3, 0.4) is 0 Å². The van der Waals surface area contributed by atoms with Gasteiger partial charge >= 0.3 is 0 Å². The summed E-state index contributed by atoms with van der Waals surface area (Å²) in [5, 5.41) is 15.5. The molecule has 1 saturated heterocycles. The van der Waals surface area contributed by atoms with E-state index in [1.807, 2.05) is 6.92 Å². The lowest BCUT2D eigenvalue weighted by atomic mass is 9.99. The predicted molar refractivity (Wildman–Crippen MR) is 74.3 cm³/mol. The maximum absolute atomic E-state index is 12.0. The molecule has 100 valence electrons. The van der Waals surface area contributed by atoms with E-state index in [1.165, 1.54) is 0 Å². The third-order valence-corrected chi connectivity index (χ3v) is 3.13. The third-order valence-electron chi connectivity index (χ3n) is 3.13. The molecule has 3 N–H and O–H groups in total. The molecule has 0 unspecified atom stereocenters. The number of halogens is 1. The number of hydrogen-bond acceptors (Lipinski definition) is 3. The summed E-state index contributed by atoms with van der Waals surface area (Å²) >= 11 is 0. The number of aromatic hydroxyl groups is 1. The van der Waals surface area contributed by atoms with Crippen molar-refractivity contribution in [2.45, 2.75) is 19.8 Å². The fraction of sp³-hybridized carbons (Fsp3) is 0.462. The Morgan fingerprint density at radius 3 is 2.89 bits per heavy atom. The SMILES string of the molecule is Cc1cc(NC(=O)[C@@H]2CCCNC2)ccc1O.Cl. The summed E-state index contributed by atoms with van der Waals surface area (Å²) in [7, 11) is 0. The summed E-state index contributed by atoms with van der Waals surface area (Å²) in [4.78, 5) is 12.0. The van der Waals surface area contributed by atoms with Gasteiger partial charge in [-0.2, -0.15) is 0 Å². The van der Waals surface area contributed by atoms with E-state index in [1.54, 1.807) is 18.2 Å². The number of rotatable bonds is 2. The van der Waals surface area contributed by atoms with Crippen molar-refractivity contribution in [2.75, 3.05) is 18.4 Å². The van der Waals surface area contributed by atoms with Crippen molar-refractivity contribution in [2.24, 2.45) is 5.92 Å². The van der Waals surface area contributed by atoms with Crippen LogP contribution < -0.4 is 10.6 Å². The number of carbonyl (C=O) groups excluding carboxylic acids is 1. The molecule has 0 aromatic heterocycles. The normalized spacial score (nSPS) is 18.8. The van der Waals surface area contributed by atoms with Crippen molar-refractivity contribution >= 4 is 24.0 Å². The molecular weight excluding hydrogens is 252 g/mol. The molecule has 1 aromatic carbocycles. The van der Waals surface area contributed by atoms with Gasteiger partial charge in [0.05, 0.1) is 5.92 Å². The number of nitrogens with one attached hydrogen (secondary N) is 2. The number of phenolic OH excluding ortho intramolecular Hbond substituents is 1. The first-order chi connectivity index (χ1) is 8.16. The van der Waals surface area contributed by atoms with E-state index < -0.39 is 0 Å². The first-order valence-corrected chi connectivity index (χ1v) is 5.98. The van der Waals surface area contributed by atoms with Gasteiger partial charge in [0.15, 0.2) is 0 Å². The van der Waals surface area contributed by atoms with Crippen molar-refractivity contribution in [1.29, 1.82) is 0 Å². The second-order valence-corrected chi connectivity index (χ2v) is 4.53. The Kier molecular flexibility index (Phi) is 5.44. The molecule has 5 heteroatoms. The van der Waals surface area contributed by atoms with Gasteiger partial charge in [-0.05, 0) is 50.1 Å². The maximum Gasteiger partial charge on any atom is 0.228 e. The van der Waals surface area contributed by atoms with E-state index in [0.717, 1.165) is 37.2 Å². The van der Waals surface area contributed by atoms with Crippen LogP contribution in [0.25, 0.3) is 0 Å². The highest BCUT2D eigenvalue weighted by molar-refractivity contribution is 5.92. The van der Waals surface area contributed by atoms with Crippen molar-refractivity contribution in [1.82, 2.24) is 5.32 Å². The van der Waals surface area contributed by atoms with Gasteiger partial charge in [-0.25, -0.2) is 0 Å². The molecule has 0 saturated carbocycles. The van der Waals surface area contributed by atoms with E-state index in [9.17, 15) is 9.90 Å². The lowest BCUT2D eigenvalue weighted by molar-refractivity contribution is -0.120. The van der Waals surface area contributed by atoms with E-state index in [2.05, 4.69) is 10.6 Å². The second-order valence-electron chi connectivity index (χ2n) is 4.53. The average Bonchev–Trinajstić information content (AvgIpc) is 2.35. The summed E-state index contributed by atoms with van der Waals surface area (Å²) in [5.74, 6) is 0.363. The quantitative estimate of drug-likeness (QED) is 0.721. The summed E-state index contributed by atoms with van der Waals surface area (Å²) in [6.45, 7) is 3.57. The van der Waals surface area contributed by atoms with Gasteiger partial charge in [0.25, 0.3) is 0 Å². The van der Waals surface area contributed by atoms with E-state index >= 15 is 0 Å². The number of amides is 1. The predicted octanol–water partition coefficient (Wildman–Crippen LogP) is 2.06. The topological polar surface area (TPSA) is 61.4 Å². The Morgan fingerprint density at radius 2 is 2.28 bits per heavy atom. The Bertz CT molecular complexity index is 417. The van der Waals surface area contributed by atoms with Gasteiger partial charge in [-0.3, -0.25) is 4.79 Å². The van der Waals surface area contributed by atoms with Crippen LogP contribution in [0.2, 0.25) is 0 Å². The molecule has 1 heterocycles. The van der Waals surface area contributed by atoms with E-state index in [4.69, 9.17) is 0 Å². The van der Waals surface area contributed by atoms with Crippen molar-refractivity contribution in [3.8, 4) is 5.75 Å². The molecule has 1 aliphatic rings. The monoisotopic (exact) mass is 270 g/mol. The smallest absolute Gasteiger partial charge is 0.228 e. The first-order valence-electron chi connectivity index (χ1n) is 5.98. The van der Waals surface area contributed by atoms with Crippen LogP contribution in [-0.2, 0) is 4.79 Å². The van der Waals surface area contributed by atoms with Crippen LogP contribution in [0, 0.1) is 12.8 Å². The molecule has 1 amide bonds. The third kappa shape index (κ3) is 3.62. The number of hydrogen-bond donors (Lipinski definition) is 3. The molecule has 0 spiro atoms. The Morgan fingerprint density at radius 1 is 1.50 bits per heavy atom. The zero-order chi connectivity index (χ0) is 12.3. The van der Waals surface area contributed by atoms with Gasteiger partial charge in [-0.1, -0.05) is 0 Å². The van der Waals surface area contributed by atoms with Crippen LogP contribution >= 0.6 is 12.4 Å². The standard InChI is InChI=1S/C13H18N2O2.ClH/c1-9-7-11(4-5-12(9)16)15-13(17)10-3-2-6-14-8-10;/h4-5,7,10,14,16H,2-3,6,8H2,1H3,(H,15,17);1H/t10-;/m1./s1. The summed E-state index contributed by atoms with van der Waals surface area (Å²) in [6.07, 6.45) is 1.99. The number of anilines is 1. The zero-order valence-corrected chi connectivity index (χ0v) is 11.2. The lowest BCUT2D eigenvalue weighted by Crippen LogP contribution is -2.37. The van der Waals surface area contributed by atoms with Gasteiger partial charge in [0, 0.05) is 12.2 Å². The molecule has 0 radical (unpaired) electrons. The summed E-state index contributed by atoms with van der Waals surface area (Å²) in [5.41, 5.74) is 1.51. The van der Waals surface area contributed by atoms with E-state index in [0.29, 0.717) is 0 Å². The molecule has 4 nitrogen and oxygen atoms in total. The molecule has 18 heavy (non-hydrogen) atoms. The number of aryl methyl sites for hydroxylation is 1. The van der Waals surface area contributed by atoms with Gasteiger partial charge in [0.1, 0.15) is 5.75 Å². The minimum absolute atomic E-state index is 0. The lowest BCUT2D eigenvalue weighted by Gasteiger charge is -2.22. The fourth-order valence-corrected chi connectivity index (χ4v) is 2.05. The van der Waals surface area contributed by atoms with Crippen LogP contribution in [-0.4, -0.2) is 24.1 Å². The van der Waals surface area contributed by atoms with Gasteiger partial charge in [0.2, 0.25) is 5.91 Å². The Hall–Kier alpha value is -1.26. The van der Waals surface area contributed by atoms with Crippen LogP contribution in [0.4, 0.5) is 5.69 Å². The number of piperidine rings is 1. The van der Waals surface area contributed by atoms with Crippen molar-refractivity contribution in [3.05, 3.63) is 23.8 Å². The highest BCUT2D eigenvalue weighted by atomic mass is 35.5. The fourth-order valence-electron chi connectivity index (χ4n) is 2.05. The largest absolute Gasteiger partial charge is 0.508 e. The minimum atomic E-state index is 0. The highest BCUT2D eigenvalue weighted by Gasteiger charge is 2.20. The van der Waals surface area contributed by atoms with Crippen molar-refractivity contribution in [3.63, 3.8) is 0 Å². The summed E-state index contributed by atoms with van der Waals surface area (Å²) < 4.78 is 0. The average molecular weight is 271 g/mol. The van der Waals surface area contributed by atoms with Gasteiger partial charge < -0.3 is 15.7 Å². The van der Waals surface area contributed by atoms with Crippen molar-refractivity contribution < 1.29 is 9.90 Å². The molecular formula is C13H19ClN2O2. The molecule has 0 bridgehead atoms.